The minimum atomic E-state index is -1.09. The Morgan fingerprint density at radius 2 is 1.29 bits per heavy atom. The number of hydrogen-bond acceptors (Lipinski definition) is 6. The average Bonchev–Trinajstić information content (AvgIpc) is 3.15. The standard InChI is InChI=1S/C45H66O6Si/c1-8-9-27-52(6,7)42-23-21-37(22-24-42)36-15-13-34(14-16-36)35-17-19-38(20-18-35)39-28-40(30-50-44(47)32(2)3)43(49-26-12-10-11-25-46)41(29-39)31-51-45(48)33(4)5/h17-20,28-29,34,36-37,42,46H,2,4,8-16,21-27,30-31H2,1,3,5-7H3. The Kier molecular flexibility index (Phi) is 16.3. The van der Waals surface area contributed by atoms with Crippen LogP contribution in [0.15, 0.2) is 60.7 Å². The molecule has 2 saturated carbocycles. The van der Waals surface area contributed by atoms with Crippen LogP contribution in [-0.4, -0.2) is 38.3 Å². The van der Waals surface area contributed by atoms with Gasteiger partial charge in [-0.2, -0.15) is 0 Å². The lowest BCUT2D eigenvalue weighted by Gasteiger charge is -2.42. The summed E-state index contributed by atoms with van der Waals surface area (Å²) in [5, 5.41) is 9.19. The van der Waals surface area contributed by atoms with Crippen molar-refractivity contribution >= 4 is 20.0 Å². The van der Waals surface area contributed by atoms with Crippen molar-refractivity contribution in [1.82, 2.24) is 0 Å². The second-order valence-electron chi connectivity index (χ2n) is 16.4. The zero-order chi connectivity index (χ0) is 37.7. The highest BCUT2D eigenvalue weighted by Gasteiger charge is 2.37. The van der Waals surface area contributed by atoms with Crippen LogP contribution < -0.4 is 4.74 Å². The fourth-order valence-corrected chi connectivity index (χ4v) is 12.1. The van der Waals surface area contributed by atoms with Gasteiger partial charge in [-0.1, -0.05) is 102 Å². The quantitative estimate of drug-likeness (QED) is 0.0671. The Bertz CT molecular complexity index is 1430. The highest BCUT2D eigenvalue weighted by atomic mass is 28.3. The molecule has 0 amide bonds. The summed E-state index contributed by atoms with van der Waals surface area (Å²) in [6.07, 6.45) is 16.1. The maximum Gasteiger partial charge on any atom is 0.333 e. The Hall–Kier alpha value is -3.16. The largest absolute Gasteiger partial charge is 0.493 e. The molecule has 6 nitrogen and oxygen atoms in total. The number of unbranched alkanes of at least 4 members (excludes halogenated alkanes) is 3. The fraction of sp³-hybridized carbons (Fsp3) is 0.600. The zero-order valence-electron chi connectivity index (χ0n) is 32.9. The Morgan fingerprint density at radius 1 is 0.750 bits per heavy atom. The topological polar surface area (TPSA) is 82.1 Å². The predicted octanol–water partition coefficient (Wildman–Crippen LogP) is 11.5. The van der Waals surface area contributed by atoms with E-state index in [0.717, 1.165) is 41.3 Å². The van der Waals surface area contributed by atoms with Gasteiger partial charge in [0.15, 0.2) is 0 Å². The van der Waals surface area contributed by atoms with Gasteiger partial charge in [0, 0.05) is 28.9 Å². The van der Waals surface area contributed by atoms with Crippen molar-refractivity contribution in [3.63, 3.8) is 0 Å². The van der Waals surface area contributed by atoms with E-state index in [0.29, 0.717) is 47.0 Å². The molecule has 2 aliphatic rings. The van der Waals surface area contributed by atoms with Gasteiger partial charge in [-0.15, -0.1) is 0 Å². The number of aliphatic hydroxyl groups excluding tert-OH is 1. The molecule has 0 radical (unpaired) electrons. The monoisotopic (exact) mass is 730 g/mol. The van der Waals surface area contributed by atoms with Crippen molar-refractivity contribution in [3.05, 3.63) is 77.4 Å². The van der Waals surface area contributed by atoms with Gasteiger partial charge in [-0.25, -0.2) is 9.59 Å². The number of ether oxygens (including phenoxy) is 3. The van der Waals surface area contributed by atoms with Crippen molar-refractivity contribution in [1.29, 1.82) is 0 Å². The molecule has 0 aliphatic heterocycles. The average molecular weight is 731 g/mol. The Labute approximate surface area is 315 Å². The molecule has 2 aliphatic carbocycles. The van der Waals surface area contributed by atoms with Gasteiger partial charge in [0.1, 0.15) is 19.0 Å². The normalized spacial score (nSPS) is 20.6. The summed E-state index contributed by atoms with van der Waals surface area (Å²) in [6, 6.07) is 14.4. The third kappa shape index (κ3) is 11.9. The highest BCUT2D eigenvalue weighted by Crippen LogP contribution is 2.48. The summed E-state index contributed by atoms with van der Waals surface area (Å²) in [7, 11) is -1.09. The van der Waals surface area contributed by atoms with Crippen LogP contribution in [0.25, 0.3) is 11.1 Å². The Morgan fingerprint density at radius 3 is 1.79 bits per heavy atom. The van der Waals surface area contributed by atoms with E-state index in [1.54, 1.807) is 13.8 Å². The van der Waals surface area contributed by atoms with Crippen LogP contribution in [0.5, 0.6) is 5.75 Å². The van der Waals surface area contributed by atoms with Crippen LogP contribution in [0.2, 0.25) is 24.7 Å². The number of aliphatic hydroxyl groups is 1. The first kappa shape index (κ1) is 41.6. The maximum atomic E-state index is 12.4. The lowest BCUT2D eigenvalue weighted by Crippen LogP contribution is -2.36. The molecular formula is C45H66O6Si. The zero-order valence-corrected chi connectivity index (χ0v) is 33.9. The van der Waals surface area contributed by atoms with E-state index in [1.165, 1.54) is 75.8 Å². The van der Waals surface area contributed by atoms with Crippen LogP contribution >= 0.6 is 0 Å². The number of carbonyl (C=O) groups is 2. The summed E-state index contributed by atoms with van der Waals surface area (Å²) >= 11 is 0. The van der Waals surface area contributed by atoms with E-state index < -0.39 is 20.0 Å². The molecule has 52 heavy (non-hydrogen) atoms. The van der Waals surface area contributed by atoms with E-state index >= 15 is 0 Å². The van der Waals surface area contributed by atoms with Crippen molar-refractivity contribution in [3.8, 4) is 16.9 Å². The number of benzene rings is 2. The van der Waals surface area contributed by atoms with Crippen molar-refractivity contribution in [2.24, 2.45) is 11.8 Å². The van der Waals surface area contributed by atoms with E-state index in [2.05, 4.69) is 57.4 Å². The first-order valence-electron chi connectivity index (χ1n) is 20.1. The molecule has 7 heteroatoms. The first-order chi connectivity index (χ1) is 24.9. The fourth-order valence-electron chi connectivity index (χ4n) is 8.50. The number of esters is 2. The summed E-state index contributed by atoms with van der Waals surface area (Å²) in [5.74, 6) is 2.00. The van der Waals surface area contributed by atoms with Gasteiger partial charge >= 0.3 is 11.9 Å². The summed E-state index contributed by atoms with van der Waals surface area (Å²) in [6.45, 7) is 18.9. The molecule has 0 aromatic heterocycles. The third-order valence-corrected chi connectivity index (χ3v) is 16.3. The van der Waals surface area contributed by atoms with Gasteiger partial charge < -0.3 is 19.3 Å². The smallest absolute Gasteiger partial charge is 0.333 e. The molecular weight excluding hydrogens is 665 g/mol. The van der Waals surface area contributed by atoms with Crippen molar-refractivity contribution in [2.75, 3.05) is 13.2 Å². The minimum absolute atomic E-state index is 0.00549. The molecule has 4 rings (SSSR count). The lowest BCUT2D eigenvalue weighted by molar-refractivity contribution is -0.140. The van der Waals surface area contributed by atoms with E-state index in [1.807, 2.05) is 12.1 Å². The summed E-state index contributed by atoms with van der Waals surface area (Å²) < 4.78 is 17.5. The van der Waals surface area contributed by atoms with Crippen LogP contribution in [0.3, 0.4) is 0 Å². The molecule has 0 unspecified atom stereocenters. The molecule has 0 bridgehead atoms. The second kappa shape index (κ2) is 20.3. The van der Waals surface area contributed by atoms with Crippen LogP contribution in [0.1, 0.15) is 127 Å². The van der Waals surface area contributed by atoms with Crippen molar-refractivity contribution in [2.45, 2.75) is 148 Å². The first-order valence-corrected chi connectivity index (χ1v) is 23.4. The molecule has 1 N–H and O–H groups in total. The molecule has 0 saturated heterocycles. The lowest BCUT2D eigenvalue weighted by atomic mass is 9.70. The van der Waals surface area contributed by atoms with Crippen LogP contribution in [0, 0.1) is 11.8 Å². The SMILES string of the molecule is C=C(C)C(=O)OCc1cc(-c2ccc(C3CCC(C4CCC([Si](C)(C)CCCC)CC4)CC3)cc2)cc(COC(=O)C(=C)C)c1OCCCCCO. The van der Waals surface area contributed by atoms with Gasteiger partial charge in [-0.05, 0) is 111 Å². The number of carbonyl (C=O) groups excluding carboxylic acids is 2. The Balaban J connectivity index is 1.47. The molecule has 0 heterocycles. The highest BCUT2D eigenvalue weighted by molar-refractivity contribution is 6.78. The molecule has 286 valence electrons. The molecule has 0 spiro atoms. The molecule has 2 fully saturated rings. The van der Waals surface area contributed by atoms with Crippen LogP contribution in [-0.2, 0) is 32.3 Å². The number of hydrogen-bond donors (Lipinski definition) is 1. The third-order valence-electron chi connectivity index (χ3n) is 11.9. The second-order valence-corrected chi connectivity index (χ2v) is 21.7. The maximum absolute atomic E-state index is 12.4. The molecule has 2 aromatic carbocycles. The molecule has 0 atom stereocenters. The van der Waals surface area contributed by atoms with Gasteiger partial charge in [0.2, 0.25) is 0 Å². The summed E-state index contributed by atoms with van der Waals surface area (Å²) in [4.78, 5) is 24.8. The summed E-state index contributed by atoms with van der Waals surface area (Å²) in [5.41, 5.74) is 6.43. The van der Waals surface area contributed by atoms with E-state index in [4.69, 9.17) is 14.2 Å². The van der Waals surface area contributed by atoms with Gasteiger partial charge in [0.05, 0.1) is 14.7 Å². The van der Waals surface area contributed by atoms with Gasteiger partial charge in [-0.3, -0.25) is 0 Å². The van der Waals surface area contributed by atoms with E-state index in [-0.39, 0.29) is 19.8 Å². The number of rotatable bonds is 19. The minimum Gasteiger partial charge on any atom is -0.493 e. The van der Waals surface area contributed by atoms with Gasteiger partial charge in [0.25, 0.3) is 0 Å². The van der Waals surface area contributed by atoms with E-state index in [9.17, 15) is 14.7 Å². The molecule has 2 aromatic rings. The van der Waals surface area contributed by atoms with Crippen molar-refractivity contribution < 1.29 is 28.9 Å². The van der Waals surface area contributed by atoms with Crippen LogP contribution in [0.4, 0.5) is 0 Å². The predicted molar refractivity (Wildman–Crippen MR) is 215 cm³/mol.